The van der Waals surface area contributed by atoms with Gasteiger partial charge in [0, 0.05) is 5.92 Å². The zero-order chi connectivity index (χ0) is 13.9. The van der Waals surface area contributed by atoms with Crippen LogP contribution in [0.15, 0.2) is 29.4 Å². The molecule has 2 aliphatic rings. The Morgan fingerprint density at radius 2 is 1.90 bits per heavy atom. The Hall–Kier alpha value is -1.84. The maximum Gasteiger partial charge on any atom is 0.243 e. The van der Waals surface area contributed by atoms with Crippen LogP contribution >= 0.6 is 0 Å². The average Bonchev–Trinajstić information content (AvgIpc) is 3.22. The van der Waals surface area contributed by atoms with E-state index in [0.29, 0.717) is 11.8 Å². The highest BCUT2D eigenvalue weighted by Crippen LogP contribution is 2.55. The van der Waals surface area contributed by atoms with Gasteiger partial charge in [-0.25, -0.2) is 5.43 Å². The van der Waals surface area contributed by atoms with E-state index >= 15 is 0 Å². The lowest BCUT2D eigenvalue weighted by Gasteiger charge is -2.04. The third-order valence-corrected chi connectivity index (χ3v) is 4.46. The first-order chi connectivity index (χ1) is 9.79. The number of nitrogens with zero attached hydrogens (tertiary/aromatic N) is 1. The molecule has 2 fully saturated rings. The molecule has 4 nitrogen and oxygen atoms in total. The number of carbonyl (C=O) groups excluding carboxylic acids is 1. The van der Waals surface area contributed by atoms with Gasteiger partial charge >= 0.3 is 0 Å². The molecule has 2 atom stereocenters. The fourth-order valence-electron chi connectivity index (χ4n) is 3.32. The fourth-order valence-corrected chi connectivity index (χ4v) is 3.32. The Bertz CT molecular complexity index is 498. The van der Waals surface area contributed by atoms with Crippen LogP contribution in [0.5, 0.6) is 5.75 Å². The number of benzene rings is 1. The van der Waals surface area contributed by atoms with Gasteiger partial charge in [-0.05, 0) is 54.5 Å². The zero-order valence-electron chi connectivity index (χ0n) is 11.7. The molecular weight excluding hydrogens is 252 g/mol. The predicted molar refractivity (Wildman–Crippen MR) is 77.7 cm³/mol. The molecule has 106 valence electrons. The summed E-state index contributed by atoms with van der Waals surface area (Å²) in [6, 6.07) is 7.56. The molecule has 0 spiro atoms. The highest BCUT2D eigenvalue weighted by atomic mass is 16.5. The van der Waals surface area contributed by atoms with Crippen molar-refractivity contribution >= 4 is 12.1 Å². The molecule has 2 aliphatic carbocycles. The molecule has 0 heterocycles. The van der Waals surface area contributed by atoms with Crippen molar-refractivity contribution in [3.05, 3.63) is 29.8 Å². The van der Waals surface area contributed by atoms with Crippen molar-refractivity contribution in [2.24, 2.45) is 22.9 Å². The van der Waals surface area contributed by atoms with Crippen molar-refractivity contribution in [1.82, 2.24) is 5.43 Å². The van der Waals surface area contributed by atoms with Crippen LogP contribution in [0.1, 0.15) is 31.2 Å². The molecule has 1 amide bonds. The molecule has 3 rings (SSSR count). The zero-order valence-corrected chi connectivity index (χ0v) is 11.7. The van der Waals surface area contributed by atoms with E-state index in [0.717, 1.165) is 11.3 Å². The lowest BCUT2D eigenvalue weighted by molar-refractivity contribution is -0.122. The SMILES string of the molecule is COc1ccc(/C=N\NC(=O)C2[C@@H]3CCCC[C@@H]23)cc1. The summed E-state index contributed by atoms with van der Waals surface area (Å²) in [5.74, 6) is 2.37. The number of amides is 1. The van der Waals surface area contributed by atoms with Crippen LogP contribution in [0.2, 0.25) is 0 Å². The van der Waals surface area contributed by atoms with Gasteiger partial charge in [-0.15, -0.1) is 0 Å². The number of hydrogen-bond acceptors (Lipinski definition) is 3. The lowest BCUT2D eigenvalue weighted by Crippen LogP contribution is -2.20. The van der Waals surface area contributed by atoms with Crippen molar-refractivity contribution < 1.29 is 9.53 Å². The second-order valence-corrected chi connectivity index (χ2v) is 5.65. The standard InChI is InChI=1S/C16H20N2O2/c1-20-12-8-6-11(7-9-12)10-17-18-16(19)15-13-4-2-3-5-14(13)15/h6-10,13-15H,2-5H2,1H3,(H,18,19)/b17-10-/t13-,14-/m1/s1. The predicted octanol–water partition coefficient (Wildman–Crippen LogP) is 2.58. The van der Waals surface area contributed by atoms with E-state index in [1.807, 2.05) is 24.3 Å². The molecule has 4 heteroatoms. The quantitative estimate of drug-likeness (QED) is 0.676. The molecule has 1 N–H and O–H groups in total. The molecule has 0 aromatic heterocycles. The van der Waals surface area contributed by atoms with Gasteiger partial charge in [-0.3, -0.25) is 4.79 Å². The molecule has 0 saturated heterocycles. The summed E-state index contributed by atoms with van der Waals surface area (Å²) < 4.78 is 5.09. The first-order valence-corrected chi connectivity index (χ1v) is 7.26. The minimum Gasteiger partial charge on any atom is -0.497 e. The lowest BCUT2D eigenvalue weighted by atomic mass is 10.0. The van der Waals surface area contributed by atoms with Crippen LogP contribution in [0.3, 0.4) is 0 Å². The smallest absolute Gasteiger partial charge is 0.243 e. The van der Waals surface area contributed by atoms with Crippen LogP contribution in [0.25, 0.3) is 0 Å². The van der Waals surface area contributed by atoms with E-state index in [9.17, 15) is 4.79 Å². The molecule has 0 radical (unpaired) electrons. The number of hydrogen-bond donors (Lipinski definition) is 1. The Balaban J connectivity index is 1.51. The van der Waals surface area contributed by atoms with Gasteiger partial charge in [0.2, 0.25) is 5.91 Å². The van der Waals surface area contributed by atoms with Gasteiger partial charge < -0.3 is 4.74 Å². The van der Waals surface area contributed by atoms with Crippen molar-refractivity contribution in [3.63, 3.8) is 0 Å². The van der Waals surface area contributed by atoms with Gasteiger partial charge in [-0.1, -0.05) is 12.8 Å². The number of ether oxygens (including phenoxy) is 1. The third-order valence-electron chi connectivity index (χ3n) is 4.46. The molecular formula is C16H20N2O2. The molecule has 0 aliphatic heterocycles. The Morgan fingerprint density at radius 3 is 2.50 bits per heavy atom. The Labute approximate surface area is 119 Å². The van der Waals surface area contributed by atoms with Gasteiger partial charge in [-0.2, -0.15) is 5.10 Å². The highest BCUT2D eigenvalue weighted by Gasteiger charge is 2.54. The topological polar surface area (TPSA) is 50.7 Å². The monoisotopic (exact) mass is 272 g/mol. The molecule has 20 heavy (non-hydrogen) atoms. The van der Waals surface area contributed by atoms with Crippen LogP contribution < -0.4 is 10.2 Å². The van der Waals surface area contributed by atoms with Gasteiger partial charge in [0.05, 0.1) is 13.3 Å². The maximum absolute atomic E-state index is 12.0. The number of fused-ring (bicyclic) bond motifs is 1. The summed E-state index contributed by atoms with van der Waals surface area (Å²) in [7, 11) is 1.64. The summed E-state index contributed by atoms with van der Waals surface area (Å²) in [5, 5.41) is 4.05. The summed E-state index contributed by atoms with van der Waals surface area (Å²) in [6.07, 6.45) is 6.65. The number of methoxy groups -OCH3 is 1. The molecule has 1 aromatic carbocycles. The number of nitrogens with one attached hydrogen (secondary N) is 1. The van der Waals surface area contributed by atoms with Gasteiger partial charge in [0.1, 0.15) is 5.75 Å². The molecule has 0 unspecified atom stereocenters. The first-order valence-electron chi connectivity index (χ1n) is 7.26. The van der Waals surface area contributed by atoms with Crippen molar-refractivity contribution in [2.45, 2.75) is 25.7 Å². The number of hydrazone groups is 1. The second kappa shape index (κ2) is 5.65. The normalized spacial score (nSPS) is 27.9. The minimum absolute atomic E-state index is 0.0895. The fraction of sp³-hybridized carbons (Fsp3) is 0.500. The van der Waals surface area contributed by atoms with Crippen LogP contribution in [0, 0.1) is 17.8 Å². The molecule has 2 saturated carbocycles. The number of carbonyl (C=O) groups is 1. The number of rotatable bonds is 4. The van der Waals surface area contributed by atoms with E-state index in [-0.39, 0.29) is 11.8 Å². The van der Waals surface area contributed by atoms with Crippen molar-refractivity contribution in [3.8, 4) is 5.75 Å². The van der Waals surface area contributed by atoms with Crippen molar-refractivity contribution in [1.29, 1.82) is 0 Å². The third kappa shape index (κ3) is 2.69. The largest absolute Gasteiger partial charge is 0.497 e. The van der Waals surface area contributed by atoms with Crippen LogP contribution in [-0.4, -0.2) is 19.2 Å². The van der Waals surface area contributed by atoms with E-state index in [2.05, 4.69) is 10.5 Å². The molecule has 0 bridgehead atoms. The van der Waals surface area contributed by atoms with Crippen molar-refractivity contribution in [2.75, 3.05) is 7.11 Å². The van der Waals surface area contributed by atoms with Gasteiger partial charge in [0.25, 0.3) is 0 Å². The Morgan fingerprint density at radius 1 is 1.25 bits per heavy atom. The van der Waals surface area contributed by atoms with E-state index in [1.165, 1.54) is 25.7 Å². The molecule has 1 aromatic rings. The second-order valence-electron chi connectivity index (χ2n) is 5.65. The van der Waals surface area contributed by atoms with Gasteiger partial charge in [0.15, 0.2) is 0 Å². The minimum atomic E-state index is 0.0895. The first kappa shape index (κ1) is 13.2. The summed E-state index contributed by atoms with van der Waals surface area (Å²) in [4.78, 5) is 12.0. The van der Waals surface area contributed by atoms with E-state index in [4.69, 9.17) is 4.74 Å². The average molecular weight is 272 g/mol. The Kier molecular flexibility index (Phi) is 3.72. The summed E-state index contributed by atoms with van der Waals surface area (Å²) in [6.45, 7) is 0. The summed E-state index contributed by atoms with van der Waals surface area (Å²) in [5.41, 5.74) is 3.62. The van der Waals surface area contributed by atoms with E-state index in [1.54, 1.807) is 13.3 Å². The maximum atomic E-state index is 12.0. The van der Waals surface area contributed by atoms with Crippen LogP contribution in [-0.2, 0) is 4.79 Å². The highest BCUT2D eigenvalue weighted by molar-refractivity contribution is 5.85. The van der Waals surface area contributed by atoms with Crippen LogP contribution in [0.4, 0.5) is 0 Å². The van der Waals surface area contributed by atoms with E-state index < -0.39 is 0 Å². The summed E-state index contributed by atoms with van der Waals surface area (Å²) >= 11 is 0.